The summed E-state index contributed by atoms with van der Waals surface area (Å²) in [6.07, 6.45) is -7.47. The molecule has 0 amide bonds. The summed E-state index contributed by atoms with van der Waals surface area (Å²) in [7, 11) is -2.40. The average Bonchev–Trinajstić information content (AvgIpc) is 3.24. The van der Waals surface area contributed by atoms with Crippen LogP contribution in [0.25, 0.3) is 16.9 Å². The molecular weight excluding hydrogens is 491 g/mol. The zero-order valence-corrected chi connectivity index (χ0v) is 18.6. The van der Waals surface area contributed by atoms with Gasteiger partial charge in [0.1, 0.15) is 11.4 Å². The molecule has 4 rings (SSSR count). The Kier molecular flexibility index (Phi) is 6.31. The van der Waals surface area contributed by atoms with Crippen LogP contribution in [0.5, 0.6) is 0 Å². The molecule has 2 aromatic carbocycles. The Hall–Kier alpha value is -3.82. The van der Waals surface area contributed by atoms with Crippen LogP contribution in [0.3, 0.4) is 0 Å². The highest BCUT2D eigenvalue weighted by atomic mass is 32.2. The Labute approximate surface area is 196 Å². The van der Waals surface area contributed by atoms with Crippen molar-refractivity contribution in [2.24, 2.45) is 0 Å². The minimum atomic E-state index is -4.53. The van der Waals surface area contributed by atoms with E-state index in [-0.39, 0.29) is 27.5 Å². The van der Waals surface area contributed by atoms with Crippen molar-refractivity contribution in [3.63, 3.8) is 0 Å². The molecule has 0 aliphatic carbocycles. The first kappa shape index (κ1) is 24.3. The lowest BCUT2D eigenvalue weighted by atomic mass is 10.1. The molecule has 6 nitrogen and oxygen atoms in total. The van der Waals surface area contributed by atoms with E-state index in [9.17, 15) is 30.4 Å². The smallest absolute Gasteiger partial charge is 0.228 e. The van der Waals surface area contributed by atoms with Crippen LogP contribution in [0.4, 0.5) is 22.0 Å². The third kappa shape index (κ3) is 5.16. The largest absolute Gasteiger partial charge is 0.416 e. The summed E-state index contributed by atoms with van der Waals surface area (Å²) in [4.78, 5) is 4.25. The molecule has 0 saturated carbocycles. The first-order valence-electron chi connectivity index (χ1n) is 9.90. The van der Waals surface area contributed by atoms with E-state index in [4.69, 9.17) is 0 Å². The molecule has 0 radical (unpaired) electrons. The van der Waals surface area contributed by atoms with Gasteiger partial charge in [0.2, 0.25) is 10.0 Å². The molecule has 180 valence electrons. The van der Waals surface area contributed by atoms with Crippen LogP contribution in [-0.4, -0.2) is 30.1 Å². The number of rotatable bonds is 4. The summed E-state index contributed by atoms with van der Waals surface area (Å²) >= 11 is 0. The molecule has 0 aliphatic heterocycles. The number of benzene rings is 2. The van der Waals surface area contributed by atoms with Gasteiger partial charge in [-0.1, -0.05) is 24.1 Å². The summed E-state index contributed by atoms with van der Waals surface area (Å²) in [6, 6.07) is 12.2. The standard InChI is InChI=1S/C23H15F5N4O2S/c1-29-35(33,34)18-4-2-3-14(11-18)5-10-17-12-21-30-19(13-20(22(24)25)32(21)31-17)15-6-8-16(9-7-15)23(26,27)28/h2-4,6-9,11-13,22,29H,1H3. The van der Waals surface area contributed by atoms with Gasteiger partial charge in [-0.3, -0.25) is 0 Å². The van der Waals surface area contributed by atoms with Crippen LogP contribution in [0.1, 0.15) is 28.9 Å². The van der Waals surface area contributed by atoms with Crippen molar-refractivity contribution >= 4 is 15.7 Å². The van der Waals surface area contributed by atoms with Crippen LogP contribution in [0.15, 0.2) is 65.6 Å². The monoisotopic (exact) mass is 506 g/mol. The highest BCUT2D eigenvalue weighted by molar-refractivity contribution is 7.89. The van der Waals surface area contributed by atoms with E-state index < -0.39 is 33.9 Å². The molecule has 0 fully saturated rings. The van der Waals surface area contributed by atoms with Crippen LogP contribution in [0, 0.1) is 11.8 Å². The molecule has 0 atom stereocenters. The summed E-state index contributed by atoms with van der Waals surface area (Å²) < 4.78 is 92.9. The van der Waals surface area contributed by atoms with Gasteiger partial charge in [-0.15, -0.1) is 0 Å². The molecule has 1 N–H and O–H groups in total. The second-order valence-electron chi connectivity index (χ2n) is 7.23. The predicted octanol–water partition coefficient (Wildman–Crippen LogP) is 4.66. The fourth-order valence-electron chi connectivity index (χ4n) is 3.19. The van der Waals surface area contributed by atoms with Gasteiger partial charge in [-0.05, 0) is 49.4 Å². The van der Waals surface area contributed by atoms with Crippen molar-refractivity contribution in [2.45, 2.75) is 17.5 Å². The zero-order valence-electron chi connectivity index (χ0n) is 17.8. The maximum Gasteiger partial charge on any atom is 0.416 e. The SMILES string of the molecule is CNS(=O)(=O)c1cccc(C#Cc2cc3nc(-c4ccc(C(F)(F)F)cc4)cc(C(F)F)n3n2)c1. The van der Waals surface area contributed by atoms with Gasteiger partial charge in [0.05, 0.1) is 16.2 Å². The Balaban J connectivity index is 1.74. The van der Waals surface area contributed by atoms with E-state index in [1.807, 2.05) is 0 Å². The molecule has 0 unspecified atom stereocenters. The van der Waals surface area contributed by atoms with Gasteiger partial charge < -0.3 is 0 Å². The second-order valence-corrected chi connectivity index (χ2v) is 9.11. The predicted molar refractivity (Wildman–Crippen MR) is 117 cm³/mol. The van der Waals surface area contributed by atoms with Gasteiger partial charge in [0, 0.05) is 17.2 Å². The Morgan fingerprint density at radius 3 is 2.34 bits per heavy atom. The van der Waals surface area contributed by atoms with Crippen LogP contribution >= 0.6 is 0 Å². The highest BCUT2D eigenvalue weighted by Crippen LogP contribution is 2.31. The van der Waals surface area contributed by atoms with Crippen LogP contribution in [0.2, 0.25) is 0 Å². The zero-order chi connectivity index (χ0) is 25.4. The maximum absolute atomic E-state index is 13.7. The maximum atomic E-state index is 13.7. The molecule has 0 spiro atoms. The number of sulfonamides is 1. The number of fused-ring (bicyclic) bond motifs is 1. The van der Waals surface area contributed by atoms with Gasteiger partial charge in [0.25, 0.3) is 6.43 Å². The Morgan fingerprint density at radius 1 is 1.00 bits per heavy atom. The number of halogens is 5. The van der Waals surface area contributed by atoms with Crippen molar-refractivity contribution in [1.82, 2.24) is 19.3 Å². The van der Waals surface area contributed by atoms with Gasteiger partial charge in [0.15, 0.2) is 5.65 Å². The second kappa shape index (κ2) is 9.09. The van der Waals surface area contributed by atoms with Gasteiger partial charge >= 0.3 is 6.18 Å². The summed E-state index contributed by atoms with van der Waals surface area (Å²) in [6.45, 7) is 0. The summed E-state index contributed by atoms with van der Waals surface area (Å²) in [5, 5.41) is 4.04. The van der Waals surface area contributed by atoms with Crippen LogP contribution < -0.4 is 4.72 Å². The highest BCUT2D eigenvalue weighted by Gasteiger charge is 2.30. The third-order valence-electron chi connectivity index (χ3n) is 4.93. The lowest BCUT2D eigenvalue weighted by Crippen LogP contribution is -2.18. The van der Waals surface area contributed by atoms with E-state index in [1.165, 1.54) is 31.3 Å². The van der Waals surface area contributed by atoms with E-state index in [1.54, 1.807) is 6.07 Å². The average molecular weight is 506 g/mol. The van der Waals surface area contributed by atoms with Crippen molar-refractivity contribution in [2.75, 3.05) is 7.05 Å². The number of alkyl halides is 5. The summed E-state index contributed by atoms with van der Waals surface area (Å²) in [5.74, 6) is 5.42. The minimum absolute atomic E-state index is 0.00429. The van der Waals surface area contributed by atoms with Gasteiger partial charge in [-0.2, -0.15) is 18.3 Å². The molecule has 0 saturated heterocycles. The van der Waals surface area contributed by atoms with E-state index in [0.717, 1.165) is 34.8 Å². The molecule has 2 aromatic heterocycles. The topological polar surface area (TPSA) is 76.4 Å². The van der Waals surface area contributed by atoms with Crippen molar-refractivity contribution in [3.8, 4) is 23.1 Å². The molecule has 35 heavy (non-hydrogen) atoms. The molecule has 12 heteroatoms. The first-order valence-corrected chi connectivity index (χ1v) is 11.4. The van der Waals surface area contributed by atoms with E-state index in [0.29, 0.717) is 5.56 Å². The number of hydrogen-bond acceptors (Lipinski definition) is 4. The fraction of sp³-hybridized carbons (Fsp3) is 0.130. The molecule has 4 aromatic rings. The minimum Gasteiger partial charge on any atom is -0.228 e. The van der Waals surface area contributed by atoms with Crippen molar-refractivity contribution < 1.29 is 30.4 Å². The third-order valence-corrected chi connectivity index (χ3v) is 6.35. The number of nitrogens with zero attached hydrogens (tertiary/aromatic N) is 3. The Bertz CT molecular complexity index is 1570. The van der Waals surface area contributed by atoms with Crippen molar-refractivity contribution in [3.05, 3.63) is 83.2 Å². The lowest BCUT2D eigenvalue weighted by molar-refractivity contribution is -0.137. The molecule has 0 aliphatic rings. The first-order chi connectivity index (χ1) is 16.5. The normalized spacial score (nSPS) is 12.1. The molecule has 2 heterocycles. The van der Waals surface area contributed by atoms with E-state index in [2.05, 4.69) is 26.6 Å². The number of aromatic nitrogens is 3. The fourth-order valence-corrected chi connectivity index (χ4v) is 3.96. The van der Waals surface area contributed by atoms with Crippen molar-refractivity contribution in [1.29, 1.82) is 0 Å². The van der Waals surface area contributed by atoms with E-state index >= 15 is 0 Å². The van der Waals surface area contributed by atoms with Gasteiger partial charge in [-0.25, -0.2) is 31.4 Å². The quantitative estimate of drug-likeness (QED) is 0.323. The molecule has 0 bridgehead atoms. The Morgan fingerprint density at radius 2 is 1.71 bits per heavy atom. The lowest BCUT2D eigenvalue weighted by Gasteiger charge is -2.09. The summed E-state index contributed by atoms with van der Waals surface area (Å²) in [5.41, 5.74) is -0.653. The van der Waals surface area contributed by atoms with Crippen LogP contribution in [-0.2, 0) is 16.2 Å². The number of hydrogen-bond donors (Lipinski definition) is 1. The molecular formula is C23H15F5N4O2S. The number of nitrogens with one attached hydrogen (secondary N) is 1.